The molecule has 96 valence electrons. The third kappa shape index (κ3) is 2.43. The first-order valence-electron chi connectivity index (χ1n) is 5.41. The predicted octanol–water partition coefficient (Wildman–Crippen LogP) is 2.05. The summed E-state index contributed by atoms with van der Waals surface area (Å²) in [5.41, 5.74) is 1.84. The number of nitrogens with zero attached hydrogens (tertiary/aromatic N) is 2. The first-order chi connectivity index (χ1) is 9.15. The van der Waals surface area contributed by atoms with Crippen LogP contribution in [-0.4, -0.2) is 10.6 Å². The molecule has 0 saturated carbocycles. The van der Waals surface area contributed by atoms with Crippen LogP contribution in [0.25, 0.3) is 5.57 Å². The zero-order valence-corrected chi connectivity index (χ0v) is 9.95. The van der Waals surface area contributed by atoms with Crippen molar-refractivity contribution in [3.63, 3.8) is 0 Å². The molecule has 6 nitrogen and oxygen atoms in total. The van der Waals surface area contributed by atoms with E-state index in [4.69, 9.17) is 5.90 Å². The highest BCUT2D eigenvalue weighted by atomic mass is 16.7. The van der Waals surface area contributed by atoms with Crippen molar-refractivity contribution < 1.29 is 9.86 Å². The normalized spacial score (nSPS) is 16.9. The van der Waals surface area contributed by atoms with Gasteiger partial charge in [0.15, 0.2) is 5.71 Å². The van der Waals surface area contributed by atoms with Gasteiger partial charge in [-0.05, 0) is 17.2 Å². The maximum Gasteiger partial charge on any atom is 0.298 e. The van der Waals surface area contributed by atoms with Crippen LogP contribution in [0.15, 0.2) is 65.5 Å². The van der Waals surface area contributed by atoms with E-state index < -0.39 is 4.92 Å². The van der Waals surface area contributed by atoms with Crippen LogP contribution in [-0.2, 0) is 4.94 Å². The maximum absolute atomic E-state index is 10.9. The molecule has 0 aromatic heterocycles. The van der Waals surface area contributed by atoms with Gasteiger partial charge in [-0.1, -0.05) is 42.1 Å². The lowest BCUT2D eigenvalue weighted by atomic mass is 9.90. The molecule has 2 N–H and O–H groups in total. The Balaban J connectivity index is 2.52. The predicted molar refractivity (Wildman–Crippen MR) is 71.3 cm³/mol. The molecule has 0 bridgehead atoms. The summed E-state index contributed by atoms with van der Waals surface area (Å²) in [5, 5.41) is 14.4. The molecular formula is C13H11N3O3. The summed E-state index contributed by atoms with van der Waals surface area (Å²) in [6, 6.07) is 9.37. The number of hydrogen-bond acceptors (Lipinski definition) is 5. The molecular weight excluding hydrogens is 246 g/mol. The van der Waals surface area contributed by atoms with E-state index in [1.807, 2.05) is 30.3 Å². The van der Waals surface area contributed by atoms with Crippen LogP contribution >= 0.6 is 0 Å². The molecule has 19 heavy (non-hydrogen) atoms. The van der Waals surface area contributed by atoms with Crippen molar-refractivity contribution in [3.05, 3.63) is 76.0 Å². The van der Waals surface area contributed by atoms with Gasteiger partial charge in [-0.3, -0.25) is 10.1 Å². The van der Waals surface area contributed by atoms with Gasteiger partial charge >= 0.3 is 0 Å². The number of oxime groups is 1. The largest absolute Gasteiger partial charge is 0.302 e. The van der Waals surface area contributed by atoms with Crippen molar-refractivity contribution in [2.24, 2.45) is 11.1 Å². The average Bonchev–Trinajstić information content (AvgIpc) is 2.42. The minimum Gasteiger partial charge on any atom is -0.302 e. The molecule has 1 aromatic carbocycles. The van der Waals surface area contributed by atoms with Crippen LogP contribution in [0.3, 0.4) is 0 Å². The molecule has 1 aliphatic rings. The zero-order chi connectivity index (χ0) is 13.8. The Morgan fingerprint density at radius 3 is 2.53 bits per heavy atom. The lowest BCUT2D eigenvalue weighted by molar-refractivity contribution is -0.415. The first-order valence-corrected chi connectivity index (χ1v) is 5.41. The van der Waals surface area contributed by atoms with Crippen LogP contribution in [0.2, 0.25) is 0 Å². The average molecular weight is 257 g/mol. The Labute approximate surface area is 109 Å². The van der Waals surface area contributed by atoms with E-state index >= 15 is 0 Å². The van der Waals surface area contributed by atoms with Gasteiger partial charge < -0.3 is 4.94 Å². The molecule has 0 fully saturated rings. The summed E-state index contributed by atoms with van der Waals surface area (Å²) in [6.45, 7) is 3.82. The standard InChI is InChI=1S/C13H11N3O3/c1-9-11(10-5-3-2-4-6-10)7-8-12(16(17)18)13(9)15-19-14/h2-8H,1,14H2/b15-13+. The van der Waals surface area contributed by atoms with E-state index in [-0.39, 0.29) is 11.4 Å². The Kier molecular flexibility index (Phi) is 3.53. The van der Waals surface area contributed by atoms with Crippen molar-refractivity contribution in [2.75, 3.05) is 0 Å². The third-order valence-electron chi connectivity index (χ3n) is 2.69. The van der Waals surface area contributed by atoms with Gasteiger partial charge in [0.25, 0.3) is 5.70 Å². The van der Waals surface area contributed by atoms with Gasteiger partial charge in [-0.2, -0.15) is 0 Å². The number of allylic oxidation sites excluding steroid dienone is 4. The molecule has 0 unspecified atom stereocenters. The monoisotopic (exact) mass is 257 g/mol. The van der Waals surface area contributed by atoms with Gasteiger partial charge in [-0.15, -0.1) is 5.90 Å². The van der Waals surface area contributed by atoms with Crippen molar-refractivity contribution in [1.82, 2.24) is 0 Å². The van der Waals surface area contributed by atoms with E-state index in [0.29, 0.717) is 5.57 Å². The second kappa shape index (κ2) is 5.28. The fraction of sp³-hybridized carbons (Fsp3) is 0. The van der Waals surface area contributed by atoms with Crippen LogP contribution in [0, 0.1) is 10.1 Å². The van der Waals surface area contributed by atoms with Crippen LogP contribution < -0.4 is 5.90 Å². The molecule has 0 saturated heterocycles. The fourth-order valence-electron chi connectivity index (χ4n) is 1.81. The molecule has 0 heterocycles. The molecule has 0 atom stereocenters. The zero-order valence-electron chi connectivity index (χ0n) is 9.95. The summed E-state index contributed by atoms with van der Waals surface area (Å²) >= 11 is 0. The van der Waals surface area contributed by atoms with Crippen molar-refractivity contribution in [2.45, 2.75) is 0 Å². The second-order valence-electron chi connectivity index (χ2n) is 3.78. The minimum absolute atomic E-state index is 0.0221. The van der Waals surface area contributed by atoms with Gasteiger partial charge in [0.2, 0.25) is 0 Å². The number of nitro groups is 1. The van der Waals surface area contributed by atoms with E-state index in [9.17, 15) is 10.1 Å². The highest BCUT2D eigenvalue weighted by Gasteiger charge is 2.28. The molecule has 1 aliphatic carbocycles. The molecule has 0 radical (unpaired) electrons. The number of benzene rings is 1. The molecule has 0 aliphatic heterocycles. The third-order valence-corrected chi connectivity index (χ3v) is 2.69. The van der Waals surface area contributed by atoms with Gasteiger partial charge in [-0.25, -0.2) is 0 Å². The van der Waals surface area contributed by atoms with Crippen molar-refractivity contribution in [3.8, 4) is 0 Å². The SMILES string of the molecule is C=C1C(c2ccccc2)=CC=C([N+](=O)[O-])/C1=N/ON. The van der Waals surface area contributed by atoms with Gasteiger partial charge in [0.05, 0.1) is 4.92 Å². The van der Waals surface area contributed by atoms with Gasteiger partial charge in [0, 0.05) is 11.6 Å². The van der Waals surface area contributed by atoms with Crippen molar-refractivity contribution >= 4 is 11.3 Å². The number of rotatable bonds is 3. The van der Waals surface area contributed by atoms with Crippen LogP contribution in [0.5, 0.6) is 0 Å². The number of nitrogens with two attached hydrogens (primary N) is 1. The highest BCUT2D eigenvalue weighted by Crippen LogP contribution is 2.29. The van der Waals surface area contributed by atoms with Crippen LogP contribution in [0.1, 0.15) is 5.56 Å². The Hall–Kier alpha value is -2.73. The summed E-state index contributed by atoms with van der Waals surface area (Å²) < 4.78 is 0. The number of hydrogen-bond donors (Lipinski definition) is 1. The fourth-order valence-corrected chi connectivity index (χ4v) is 1.81. The summed E-state index contributed by atoms with van der Waals surface area (Å²) in [5.74, 6) is 4.87. The molecule has 0 amide bonds. The lowest BCUT2D eigenvalue weighted by Crippen LogP contribution is -2.18. The summed E-state index contributed by atoms with van der Waals surface area (Å²) in [7, 11) is 0. The van der Waals surface area contributed by atoms with Gasteiger partial charge in [0.1, 0.15) is 0 Å². The first kappa shape index (κ1) is 12.7. The summed E-state index contributed by atoms with van der Waals surface area (Å²) in [4.78, 5) is 14.5. The van der Waals surface area contributed by atoms with E-state index in [1.54, 1.807) is 6.08 Å². The maximum atomic E-state index is 10.9. The molecule has 1 aromatic rings. The smallest absolute Gasteiger partial charge is 0.298 e. The minimum atomic E-state index is -0.554. The Morgan fingerprint density at radius 1 is 1.26 bits per heavy atom. The van der Waals surface area contributed by atoms with E-state index in [2.05, 4.69) is 16.7 Å². The highest BCUT2D eigenvalue weighted by molar-refractivity contribution is 6.21. The Bertz CT molecular complexity index is 615. The quantitative estimate of drug-likeness (QED) is 0.662. The van der Waals surface area contributed by atoms with Crippen molar-refractivity contribution in [1.29, 1.82) is 0 Å². The molecule has 0 spiro atoms. The summed E-state index contributed by atoms with van der Waals surface area (Å²) in [6.07, 6.45) is 2.99. The molecule has 2 rings (SSSR count). The second-order valence-corrected chi connectivity index (χ2v) is 3.78. The van der Waals surface area contributed by atoms with E-state index in [0.717, 1.165) is 11.1 Å². The van der Waals surface area contributed by atoms with Crippen LogP contribution in [0.4, 0.5) is 0 Å². The Morgan fingerprint density at radius 2 is 1.95 bits per heavy atom. The molecule has 6 heteroatoms. The lowest BCUT2D eigenvalue weighted by Gasteiger charge is -2.14. The topological polar surface area (TPSA) is 90.8 Å². The van der Waals surface area contributed by atoms with E-state index in [1.165, 1.54) is 6.08 Å².